The Hall–Kier alpha value is -3.19. The van der Waals surface area contributed by atoms with Crippen molar-refractivity contribution in [1.29, 1.82) is 0 Å². The van der Waals surface area contributed by atoms with Crippen LogP contribution in [0.25, 0.3) is 22.3 Å². The molecule has 134 valence electrons. The van der Waals surface area contributed by atoms with Crippen LogP contribution in [0.4, 0.5) is 5.69 Å². The molecule has 2 aromatic carbocycles. The normalized spacial score (nSPS) is 12.0. The van der Waals surface area contributed by atoms with E-state index in [0.29, 0.717) is 11.0 Å². The second-order valence-corrected chi connectivity index (χ2v) is 7.27. The van der Waals surface area contributed by atoms with Gasteiger partial charge in [0.15, 0.2) is 5.82 Å². The SMILES string of the molecule is CC(Sc1n[nH]c(-c2ccccc2)n1)C(=O)Nc1cccc2ncccc12. The van der Waals surface area contributed by atoms with E-state index in [-0.39, 0.29) is 11.2 Å². The lowest BCUT2D eigenvalue weighted by molar-refractivity contribution is -0.115. The largest absolute Gasteiger partial charge is 0.324 e. The van der Waals surface area contributed by atoms with Crippen molar-refractivity contribution >= 4 is 34.3 Å². The summed E-state index contributed by atoms with van der Waals surface area (Å²) in [5.74, 6) is 0.577. The molecule has 4 rings (SSSR count). The van der Waals surface area contributed by atoms with Crippen LogP contribution in [-0.2, 0) is 4.79 Å². The Bertz CT molecular complexity index is 1070. The van der Waals surface area contributed by atoms with E-state index in [1.54, 1.807) is 6.20 Å². The molecule has 6 nitrogen and oxygen atoms in total. The van der Waals surface area contributed by atoms with Gasteiger partial charge in [-0.1, -0.05) is 48.2 Å². The summed E-state index contributed by atoms with van der Waals surface area (Å²) in [4.78, 5) is 21.4. The standard InChI is InChI=1S/C20H17N5OS/c1-13(27-20-23-18(24-25-20)14-7-3-2-4-8-14)19(26)22-17-11-5-10-16-15(17)9-6-12-21-16/h2-13H,1H3,(H,22,26)(H,23,24,25). The van der Waals surface area contributed by atoms with Crippen LogP contribution in [-0.4, -0.2) is 31.3 Å². The molecule has 2 aromatic heterocycles. The molecule has 0 fully saturated rings. The zero-order chi connectivity index (χ0) is 18.6. The zero-order valence-electron chi connectivity index (χ0n) is 14.6. The lowest BCUT2D eigenvalue weighted by Gasteiger charge is -2.12. The topological polar surface area (TPSA) is 83.6 Å². The summed E-state index contributed by atoms with van der Waals surface area (Å²) in [6, 6.07) is 19.2. The highest BCUT2D eigenvalue weighted by atomic mass is 32.2. The quantitative estimate of drug-likeness (QED) is 0.512. The Morgan fingerprint density at radius 2 is 1.93 bits per heavy atom. The first-order valence-corrected chi connectivity index (χ1v) is 9.38. The van der Waals surface area contributed by atoms with Crippen molar-refractivity contribution in [3.63, 3.8) is 0 Å². The Kier molecular flexibility index (Phi) is 4.84. The number of amides is 1. The number of aromatic nitrogens is 4. The summed E-state index contributed by atoms with van der Waals surface area (Å²) in [6.45, 7) is 1.84. The summed E-state index contributed by atoms with van der Waals surface area (Å²) in [6.07, 6.45) is 1.74. The minimum absolute atomic E-state index is 0.109. The van der Waals surface area contributed by atoms with Crippen molar-refractivity contribution in [3.05, 3.63) is 66.9 Å². The molecular formula is C20H17N5OS. The maximum Gasteiger partial charge on any atom is 0.237 e. The number of rotatable bonds is 5. The van der Waals surface area contributed by atoms with Crippen LogP contribution in [0, 0.1) is 0 Å². The van der Waals surface area contributed by atoms with Crippen LogP contribution in [0.1, 0.15) is 6.92 Å². The van der Waals surface area contributed by atoms with Gasteiger partial charge in [0.2, 0.25) is 11.1 Å². The van der Waals surface area contributed by atoms with Gasteiger partial charge in [-0.25, -0.2) is 4.98 Å². The number of anilines is 1. The molecule has 0 aliphatic rings. The van der Waals surface area contributed by atoms with E-state index in [0.717, 1.165) is 22.2 Å². The first-order chi connectivity index (χ1) is 13.2. The lowest BCUT2D eigenvalue weighted by Crippen LogP contribution is -2.22. The van der Waals surface area contributed by atoms with Crippen molar-refractivity contribution in [1.82, 2.24) is 20.2 Å². The minimum atomic E-state index is -0.351. The van der Waals surface area contributed by atoms with Gasteiger partial charge in [0, 0.05) is 17.1 Å². The number of carbonyl (C=O) groups is 1. The van der Waals surface area contributed by atoms with Gasteiger partial charge in [0.1, 0.15) is 0 Å². The van der Waals surface area contributed by atoms with Gasteiger partial charge in [-0.2, -0.15) is 0 Å². The second-order valence-electron chi connectivity index (χ2n) is 5.96. The third-order valence-corrected chi connectivity index (χ3v) is 5.03. The summed E-state index contributed by atoms with van der Waals surface area (Å²) in [5, 5.41) is 11.2. The number of pyridine rings is 1. The fraction of sp³-hybridized carbons (Fsp3) is 0.100. The summed E-state index contributed by atoms with van der Waals surface area (Å²) in [7, 11) is 0. The highest BCUT2D eigenvalue weighted by Gasteiger charge is 2.18. The summed E-state index contributed by atoms with van der Waals surface area (Å²) in [5.41, 5.74) is 2.55. The van der Waals surface area contributed by atoms with Crippen LogP contribution in [0.3, 0.4) is 0 Å². The Labute approximate surface area is 160 Å². The molecule has 4 aromatic rings. The van der Waals surface area contributed by atoms with Crippen LogP contribution in [0.2, 0.25) is 0 Å². The first-order valence-electron chi connectivity index (χ1n) is 8.50. The summed E-state index contributed by atoms with van der Waals surface area (Å²) >= 11 is 1.31. The Morgan fingerprint density at radius 3 is 2.78 bits per heavy atom. The smallest absolute Gasteiger partial charge is 0.237 e. The number of hydrogen-bond acceptors (Lipinski definition) is 5. The van der Waals surface area contributed by atoms with Crippen LogP contribution >= 0.6 is 11.8 Å². The molecule has 1 amide bonds. The molecule has 2 N–H and O–H groups in total. The van der Waals surface area contributed by atoms with E-state index in [2.05, 4.69) is 25.5 Å². The predicted molar refractivity (Wildman–Crippen MR) is 108 cm³/mol. The maximum atomic E-state index is 12.6. The molecule has 27 heavy (non-hydrogen) atoms. The molecule has 1 unspecified atom stereocenters. The minimum Gasteiger partial charge on any atom is -0.324 e. The van der Waals surface area contributed by atoms with Gasteiger partial charge in [0.05, 0.1) is 16.5 Å². The Morgan fingerprint density at radius 1 is 1.07 bits per heavy atom. The van der Waals surface area contributed by atoms with Gasteiger partial charge in [-0.3, -0.25) is 14.9 Å². The van der Waals surface area contributed by atoms with Crippen LogP contribution in [0.15, 0.2) is 72.0 Å². The number of hydrogen-bond donors (Lipinski definition) is 2. The Balaban J connectivity index is 1.46. The number of nitrogens with one attached hydrogen (secondary N) is 2. The molecule has 7 heteroatoms. The van der Waals surface area contributed by atoms with Gasteiger partial charge in [-0.15, -0.1) is 5.10 Å². The fourth-order valence-corrected chi connectivity index (χ4v) is 3.41. The molecule has 1 atom stereocenters. The van der Waals surface area contributed by atoms with Crippen molar-refractivity contribution in [3.8, 4) is 11.4 Å². The molecule has 0 spiro atoms. The fourth-order valence-electron chi connectivity index (χ4n) is 2.68. The molecule has 0 aliphatic carbocycles. The number of H-pyrrole nitrogens is 1. The van der Waals surface area contributed by atoms with E-state index in [1.807, 2.05) is 67.6 Å². The highest BCUT2D eigenvalue weighted by Crippen LogP contribution is 2.25. The molecular weight excluding hydrogens is 358 g/mol. The third-order valence-electron chi connectivity index (χ3n) is 4.07. The van der Waals surface area contributed by atoms with Crippen molar-refractivity contribution < 1.29 is 4.79 Å². The number of thioether (sulfide) groups is 1. The maximum absolute atomic E-state index is 12.6. The van der Waals surface area contributed by atoms with Gasteiger partial charge >= 0.3 is 0 Å². The number of aromatic amines is 1. The molecule has 0 bridgehead atoms. The molecule has 0 saturated heterocycles. The van der Waals surface area contributed by atoms with E-state index in [1.165, 1.54) is 11.8 Å². The second kappa shape index (κ2) is 7.59. The van der Waals surface area contributed by atoms with Crippen LogP contribution in [0.5, 0.6) is 0 Å². The monoisotopic (exact) mass is 375 g/mol. The summed E-state index contributed by atoms with van der Waals surface area (Å²) < 4.78 is 0. The third kappa shape index (κ3) is 3.83. The van der Waals surface area contributed by atoms with Crippen molar-refractivity contribution in [2.45, 2.75) is 17.3 Å². The van der Waals surface area contributed by atoms with Gasteiger partial charge in [0.25, 0.3) is 0 Å². The average Bonchev–Trinajstić information content (AvgIpc) is 3.17. The molecule has 0 radical (unpaired) electrons. The average molecular weight is 375 g/mol. The predicted octanol–water partition coefficient (Wildman–Crippen LogP) is 4.14. The number of carbonyl (C=O) groups excluding carboxylic acids is 1. The van der Waals surface area contributed by atoms with E-state index in [4.69, 9.17) is 0 Å². The van der Waals surface area contributed by atoms with Gasteiger partial charge in [-0.05, 0) is 31.2 Å². The first kappa shape index (κ1) is 17.2. The van der Waals surface area contributed by atoms with E-state index >= 15 is 0 Å². The lowest BCUT2D eigenvalue weighted by atomic mass is 10.2. The van der Waals surface area contributed by atoms with Gasteiger partial charge < -0.3 is 5.32 Å². The highest BCUT2D eigenvalue weighted by molar-refractivity contribution is 8.00. The number of fused-ring (bicyclic) bond motifs is 1. The van der Waals surface area contributed by atoms with Crippen LogP contribution < -0.4 is 5.32 Å². The molecule has 0 aliphatic heterocycles. The van der Waals surface area contributed by atoms with Crippen molar-refractivity contribution in [2.24, 2.45) is 0 Å². The molecule has 2 heterocycles. The van der Waals surface area contributed by atoms with E-state index < -0.39 is 0 Å². The molecule has 0 saturated carbocycles. The van der Waals surface area contributed by atoms with Crippen molar-refractivity contribution in [2.75, 3.05) is 5.32 Å². The number of benzene rings is 2. The van der Waals surface area contributed by atoms with E-state index in [9.17, 15) is 4.79 Å². The number of nitrogens with zero attached hydrogens (tertiary/aromatic N) is 3. The zero-order valence-corrected chi connectivity index (χ0v) is 15.4.